The molecule has 0 heterocycles. The van der Waals surface area contributed by atoms with E-state index < -0.39 is 19.0 Å². The lowest BCUT2D eigenvalue weighted by molar-refractivity contribution is -0.166. The zero-order valence-corrected chi connectivity index (χ0v) is 8.88. The normalized spacial score (nSPS) is 17.8. The number of methoxy groups -OCH3 is 2. The first-order valence-electron chi connectivity index (χ1n) is 4.82. The maximum Gasteiger partial charge on any atom is 0.401 e. The van der Waals surface area contributed by atoms with E-state index in [0.29, 0.717) is 0 Å². The van der Waals surface area contributed by atoms with E-state index in [-0.39, 0.29) is 12.6 Å². The molecule has 1 aliphatic carbocycles. The van der Waals surface area contributed by atoms with Crippen LogP contribution in [0.5, 0.6) is 0 Å². The monoisotopic (exact) mass is 227 g/mol. The predicted octanol–water partition coefficient (Wildman–Crippen LogP) is 1.63. The van der Waals surface area contributed by atoms with Gasteiger partial charge in [0.1, 0.15) is 0 Å². The fourth-order valence-corrected chi connectivity index (χ4v) is 1.45. The zero-order chi connectivity index (χ0) is 11.5. The molecule has 1 saturated carbocycles. The maximum absolute atomic E-state index is 12.2. The molecule has 0 N–H and O–H groups in total. The van der Waals surface area contributed by atoms with Gasteiger partial charge >= 0.3 is 6.18 Å². The van der Waals surface area contributed by atoms with Crippen LogP contribution < -0.4 is 0 Å². The van der Waals surface area contributed by atoms with Gasteiger partial charge in [-0.3, -0.25) is 4.90 Å². The van der Waals surface area contributed by atoms with Gasteiger partial charge in [-0.15, -0.1) is 0 Å². The van der Waals surface area contributed by atoms with Crippen molar-refractivity contribution in [2.45, 2.75) is 31.3 Å². The second kappa shape index (κ2) is 5.14. The van der Waals surface area contributed by atoms with Crippen molar-refractivity contribution < 1.29 is 22.6 Å². The molecule has 0 bridgehead atoms. The van der Waals surface area contributed by atoms with Crippen molar-refractivity contribution in [3.63, 3.8) is 0 Å². The topological polar surface area (TPSA) is 21.7 Å². The van der Waals surface area contributed by atoms with Crippen LogP contribution in [-0.4, -0.2) is 50.7 Å². The summed E-state index contributed by atoms with van der Waals surface area (Å²) in [5.41, 5.74) is 0. The summed E-state index contributed by atoms with van der Waals surface area (Å²) in [6.45, 7) is -0.724. The van der Waals surface area contributed by atoms with E-state index in [1.54, 1.807) is 0 Å². The SMILES string of the molecule is COC(CN(CC(F)(F)F)C1CC1)OC. The molecule has 3 nitrogen and oxygen atoms in total. The van der Waals surface area contributed by atoms with Crippen LogP contribution in [0.25, 0.3) is 0 Å². The van der Waals surface area contributed by atoms with Crippen LogP contribution in [0.3, 0.4) is 0 Å². The molecule has 0 aromatic rings. The van der Waals surface area contributed by atoms with Crippen LogP contribution >= 0.6 is 0 Å². The maximum atomic E-state index is 12.2. The molecule has 0 spiro atoms. The van der Waals surface area contributed by atoms with E-state index in [1.807, 2.05) is 0 Å². The van der Waals surface area contributed by atoms with Crippen LogP contribution in [-0.2, 0) is 9.47 Å². The van der Waals surface area contributed by atoms with Gasteiger partial charge in [-0.25, -0.2) is 0 Å². The Labute approximate surface area is 87.1 Å². The fourth-order valence-electron chi connectivity index (χ4n) is 1.45. The van der Waals surface area contributed by atoms with Gasteiger partial charge in [-0.05, 0) is 12.8 Å². The fraction of sp³-hybridized carbons (Fsp3) is 1.00. The number of hydrogen-bond acceptors (Lipinski definition) is 3. The van der Waals surface area contributed by atoms with Crippen LogP contribution in [0.1, 0.15) is 12.8 Å². The Morgan fingerprint density at radius 2 is 1.80 bits per heavy atom. The molecule has 0 atom stereocenters. The number of hydrogen-bond donors (Lipinski definition) is 0. The van der Waals surface area contributed by atoms with Gasteiger partial charge in [0.25, 0.3) is 0 Å². The highest BCUT2D eigenvalue weighted by Crippen LogP contribution is 2.30. The van der Waals surface area contributed by atoms with Gasteiger partial charge in [0.2, 0.25) is 0 Å². The highest BCUT2D eigenvalue weighted by molar-refractivity contribution is 4.86. The van der Waals surface area contributed by atoms with Crippen molar-refractivity contribution in [1.29, 1.82) is 0 Å². The Hall–Kier alpha value is -0.330. The second-order valence-corrected chi connectivity index (χ2v) is 3.68. The van der Waals surface area contributed by atoms with E-state index in [0.717, 1.165) is 12.8 Å². The molecule has 1 rings (SSSR count). The van der Waals surface area contributed by atoms with Crippen molar-refractivity contribution in [2.75, 3.05) is 27.3 Å². The standard InChI is InChI=1S/C9H16F3NO2/c1-14-8(15-2)5-13(7-3-4-7)6-9(10,11)12/h7-8H,3-6H2,1-2H3. The molecule has 0 amide bonds. The second-order valence-electron chi connectivity index (χ2n) is 3.68. The summed E-state index contributed by atoms with van der Waals surface area (Å²) in [5.74, 6) is 0. The van der Waals surface area contributed by atoms with E-state index in [4.69, 9.17) is 9.47 Å². The Balaban J connectivity index is 2.43. The summed E-state index contributed by atoms with van der Waals surface area (Å²) >= 11 is 0. The van der Waals surface area contributed by atoms with Gasteiger partial charge in [0.15, 0.2) is 6.29 Å². The number of rotatable bonds is 6. The Bertz CT molecular complexity index is 190. The summed E-state index contributed by atoms with van der Waals surface area (Å²) in [7, 11) is 2.85. The molecule has 0 aliphatic heterocycles. The molecule has 0 unspecified atom stereocenters. The first-order valence-corrected chi connectivity index (χ1v) is 4.82. The lowest BCUT2D eigenvalue weighted by Crippen LogP contribution is -2.41. The van der Waals surface area contributed by atoms with Crippen molar-refractivity contribution in [2.24, 2.45) is 0 Å². The van der Waals surface area contributed by atoms with Gasteiger partial charge in [0.05, 0.1) is 13.1 Å². The highest BCUT2D eigenvalue weighted by Gasteiger charge is 2.38. The predicted molar refractivity (Wildman–Crippen MR) is 48.5 cm³/mol. The van der Waals surface area contributed by atoms with E-state index in [1.165, 1.54) is 19.1 Å². The lowest BCUT2D eigenvalue weighted by Gasteiger charge is -2.26. The number of alkyl halides is 3. The minimum atomic E-state index is -4.16. The smallest absolute Gasteiger partial charge is 0.355 e. The summed E-state index contributed by atoms with van der Waals surface area (Å²) in [5, 5.41) is 0. The van der Waals surface area contributed by atoms with Crippen molar-refractivity contribution in [3.8, 4) is 0 Å². The molecule has 0 aromatic carbocycles. The molecule has 6 heteroatoms. The molecule has 0 radical (unpaired) electrons. The Morgan fingerprint density at radius 3 is 2.13 bits per heavy atom. The van der Waals surface area contributed by atoms with Crippen molar-refractivity contribution in [1.82, 2.24) is 4.90 Å². The number of halogens is 3. The first kappa shape index (κ1) is 12.7. The molecule has 1 aliphatic rings. The quantitative estimate of drug-likeness (QED) is 0.644. The van der Waals surface area contributed by atoms with Crippen molar-refractivity contribution in [3.05, 3.63) is 0 Å². The third-order valence-corrected chi connectivity index (χ3v) is 2.36. The van der Waals surface area contributed by atoms with E-state index in [9.17, 15) is 13.2 Å². The van der Waals surface area contributed by atoms with Crippen molar-refractivity contribution >= 4 is 0 Å². The lowest BCUT2D eigenvalue weighted by atomic mass is 10.4. The third-order valence-electron chi connectivity index (χ3n) is 2.36. The summed E-state index contributed by atoms with van der Waals surface area (Å²) in [4.78, 5) is 1.37. The van der Waals surface area contributed by atoms with Gasteiger partial charge in [-0.1, -0.05) is 0 Å². The minimum absolute atomic E-state index is 0.0411. The summed E-state index contributed by atoms with van der Waals surface area (Å²) in [6, 6.07) is 0.0411. The van der Waals surface area contributed by atoms with Crippen LogP contribution in [0.2, 0.25) is 0 Å². The Kier molecular flexibility index (Phi) is 4.36. The highest BCUT2D eigenvalue weighted by atomic mass is 19.4. The number of nitrogens with zero attached hydrogens (tertiary/aromatic N) is 1. The average molecular weight is 227 g/mol. The van der Waals surface area contributed by atoms with Crippen LogP contribution in [0, 0.1) is 0 Å². The first-order chi connectivity index (χ1) is 6.96. The molecular formula is C9H16F3NO2. The molecule has 1 fully saturated rings. The minimum Gasteiger partial charge on any atom is -0.355 e. The largest absolute Gasteiger partial charge is 0.401 e. The Morgan fingerprint density at radius 1 is 1.27 bits per heavy atom. The molecule has 0 aromatic heterocycles. The zero-order valence-electron chi connectivity index (χ0n) is 8.88. The molecular weight excluding hydrogens is 211 g/mol. The van der Waals surface area contributed by atoms with Gasteiger partial charge in [0, 0.05) is 20.3 Å². The molecule has 90 valence electrons. The average Bonchev–Trinajstić information content (AvgIpc) is 2.93. The van der Waals surface area contributed by atoms with Gasteiger partial charge < -0.3 is 9.47 Å². The van der Waals surface area contributed by atoms with E-state index in [2.05, 4.69) is 0 Å². The summed E-state index contributed by atoms with van der Waals surface area (Å²) < 4.78 is 46.5. The van der Waals surface area contributed by atoms with E-state index >= 15 is 0 Å². The van der Waals surface area contributed by atoms with Crippen LogP contribution in [0.15, 0.2) is 0 Å². The van der Waals surface area contributed by atoms with Crippen LogP contribution in [0.4, 0.5) is 13.2 Å². The molecule has 15 heavy (non-hydrogen) atoms. The summed E-state index contributed by atoms with van der Waals surface area (Å²) in [6.07, 6.45) is -3.09. The molecule has 0 saturated heterocycles. The third kappa shape index (κ3) is 4.81. The van der Waals surface area contributed by atoms with Gasteiger partial charge in [-0.2, -0.15) is 13.2 Å². The number of ether oxygens (including phenoxy) is 2.